The van der Waals surface area contributed by atoms with Crippen molar-refractivity contribution in [3.63, 3.8) is 0 Å². The van der Waals surface area contributed by atoms with Crippen molar-refractivity contribution < 1.29 is 4.39 Å². The normalized spacial score (nSPS) is 24.7. The van der Waals surface area contributed by atoms with E-state index < -0.39 is 0 Å². The molecule has 3 aliphatic rings. The van der Waals surface area contributed by atoms with Crippen LogP contribution < -0.4 is 0 Å². The SMILES string of the molecule is CCCCCCCCC12CCC(c3cccc(-c4ccc(CCC)cc4)c3F)(CC1)CC2. The molecule has 0 atom stereocenters. The van der Waals surface area contributed by atoms with Gasteiger partial charge in [0.1, 0.15) is 5.82 Å². The molecule has 174 valence electrons. The molecular formula is C31H43F. The third-order valence-corrected chi connectivity index (χ3v) is 8.84. The lowest BCUT2D eigenvalue weighted by molar-refractivity contribution is 0.0288. The number of fused-ring (bicyclic) bond motifs is 3. The average molecular weight is 435 g/mol. The molecule has 0 N–H and O–H groups in total. The molecule has 2 aromatic carbocycles. The highest BCUT2D eigenvalue weighted by atomic mass is 19.1. The zero-order chi connectivity index (χ0) is 22.4. The van der Waals surface area contributed by atoms with Crippen LogP contribution in [0.3, 0.4) is 0 Å². The van der Waals surface area contributed by atoms with E-state index in [2.05, 4.69) is 50.2 Å². The average Bonchev–Trinajstić information content (AvgIpc) is 2.83. The lowest BCUT2D eigenvalue weighted by atomic mass is 9.50. The minimum atomic E-state index is 0.0427. The minimum Gasteiger partial charge on any atom is -0.206 e. The van der Waals surface area contributed by atoms with Gasteiger partial charge in [-0.15, -0.1) is 0 Å². The predicted octanol–water partition coefficient (Wildman–Crippen LogP) is 9.79. The molecule has 3 saturated carbocycles. The molecular weight excluding hydrogens is 391 g/mol. The number of hydrogen-bond acceptors (Lipinski definition) is 0. The summed E-state index contributed by atoms with van der Waals surface area (Å²) in [6.45, 7) is 4.49. The summed E-state index contributed by atoms with van der Waals surface area (Å²) < 4.78 is 15.9. The summed E-state index contributed by atoms with van der Waals surface area (Å²) >= 11 is 0. The second kappa shape index (κ2) is 10.5. The fourth-order valence-electron chi connectivity index (χ4n) is 6.63. The van der Waals surface area contributed by atoms with E-state index in [4.69, 9.17) is 0 Å². The Hall–Kier alpha value is -1.63. The Balaban J connectivity index is 1.43. The van der Waals surface area contributed by atoms with Crippen LogP contribution in [-0.4, -0.2) is 0 Å². The molecule has 3 aliphatic carbocycles. The summed E-state index contributed by atoms with van der Waals surface area (Å²) in [5, 5.41) is 0. The van der Waals surface area contributed by atoms with E-state index in [1.54, 1.807) is 0 Å². The molecule has 0 nitrogen and oxygen atoms in total. The molecule has 0 radical (unpaired) electrons. The number of unbranched alkanes of at least 4 members (excludes halogenated alkanes) is 5. The van der Waals surface area contributed by atoms with Crippen molar-refractivity contribution in [3.8, 4) is 11.1 Å². The van der Waals surface area contributed by atoms with Gasteiger partial charge in [-0.2, -0.15) is 0 Å². The van der Waals surface area contributed by atoms with Gasteiger partial charge in [-0.3, -0.25) is 0 Å². The Kier molecular flexibility index (Phi) is 7.74. The first-order chi connectivity index (χ1) is 15.6. The Morgan fingerprint density at radius 3 is 2.03 bits per heavy atom. The van der Waals surface area contributed by atoms with Crippen LogP contribution in [0.25, 0.3) is 11.1 Å². The maximum Gasteiger partial charge on any atom is 0.134 e. The van der Waals surface area contributed by atoms with Crippen molar-refractivity contribution in [1.82, 2.24) is 0 Å². The summed E-state index contributed by atoms with van der Waals surface area (Å²) in [5.74, 6) is 0.0427. The van der Waals surface area contributed by atoms with Crippen molar-refractivity contribution in [1.29, 1.82) is 0 Å². The highest BCUT2D eigenvalue weighted by Crippen LogP contribution is 2.60. The fraction of sp³-hybridized carbons (Fsp3) is 0.613. The van der Waals surface area contributed by atoms with Crippen LogP contribution in [-0.2, 0) is 11.8 Å². The molecule has 0 heterocycles. The minimum absolute atomic E-state index is 0.0427. The summed E-state index contributed by atoms with van der Waals surface area (Å²) in [6, 6.07) is 14.7. The van der Waals surface area contributed by atoms with Gasteiger partial charge in [-0.1, -0.05) is 101 Å². The number of benzene rings is 2. The van der Waals surface area contributed by atoms with E-state index in [0.717, 1.165) is 29.5 Å². The molecule has 32 heavy (non-hydrogen) atoms. The van der Waals surface area contributed by atoms with Crippen LogP contribution in [0.2, 0.25) is 0 Å². The van der Waals surface area contributed by atoms with Gasteiger partial charge in [0.15, 0.2) is 0 Å². The highest BCUT2D eigenvalue weighted by molar-refractivity contribution is 5.66. The van der Waals surface area contributed by atoms with Crippen LogP contribution in [0.15, 0.2) is 42.5 Å². The molecule has 5 rings (SSSR count). The molecule has 0 saturated heterocycles. The standard InChI is InChI=1S/C31H43F/c1-3-5-6-7-8-9-18-30-19-22-31(23-20-30,24-21-30)28-13-10-12-27(29(28)32)26-16-14-25(11-4-2)15-17-26/h10,12-17H,3-9,11,18-24H2,1-2H3. The van der Waals surface area contributed by atoms with Crippen LogP contribution >= 0.6 is 0 Å². The third kappa shape index (κ3) is 4.97. The number of hydrogen-bond donors (Lipinski definition) is 0. The third-order valence-electron chi connectivity index (χ3n) is 8.84. The second-order valence-corrected chi connectivity index (χ2v) is 10.9. The van der Waals surface area contributed by atoms with Gasteiger partial charge in [0.2, 0.25) is 0 Å². The Bertz CT molecular complexity index is 838. The maximum absolute atomic E-state index is 15.9. The first-order valence-electron chi connectivity index (χ1n) is 13.5. The summed E-state index contributed by atoms with van der Waals surface area (Å²) in [5.41, 5.74) is 4.79. The quantitative estimate of drug-likeness (QED) is 0.309. The van der Waals surface area contributed by atoms with Crippen molar-refractivity contribution in [3.05, 3.63) is 59.4 Å². The van der Waals surface area contributed by atoms with Crippen LogP contribution in [0, 0.1) is 11.2 Å². The summed E-state index contributed by atoms with van der Waals surface area (Å²) in [6.07, 6.45) is 19.4. The lowest BCUT2D eigenvalue weighted by Crippen LogP contribution is -2.44. The van der Waals surface area contributed by atoms with E-state index in [-0.39, 0.29) is 11.2 Å². The van der Waals surface area contributed by atoms with Gasteiger partial charge in [-0.05, 0) is 78.9 Å². The number of rotatable bonds is 11. The first-order valence-corrected chi connectivity index (χ1v) is 13.5. The van der Waals surface area contributed by atoms with Crippen LogP contribution in [0.4, 0.5) is 4.39 Å². The highest BCUT2D eigenvalue weighted by Gasteiger charge is 2.49. The molecule has 2 bridgehead atoms. The predicted molar refractivity (Wildman–Crippen MR) is 136 cm³/mol. The Morgan fingerprint density at radius 1 is 0.719 bits per heavy atom. The Morgan fingerprint density at radius 2 is 1.38 bits per heavy atom. The molecule has 0 spiro atoms. The number of aryl methyl sites for hydroxylation is 1. The molecule has 0 unspecified atom stereocenters. The summed E-state index contributed by atoms with van der Waals surface area (Å²) in [7, 11) is 0. The zero-order valence-electron chi connectivity index (χ0n) is 20.5. The van der Waals surface area contributed by atoms with E-state index in [0.29, 0.717) is 5.41 Å². The molecule has 0 aliphatic heterocycles. The molecule has 0 aromatic heterocycles. The van der Waals surface area contributed by atoms with Crippen LogP contribution in [0.1, 0.15) is 115 Å². The topological polar surface area (TPSA) is 0 Å². The lowest BCUT2D eigenvalue weighted by Gasteiger charge is -2.54. The smallest absolute Gasteiger partial charge is 0.134 e. The monoisotopic (exact) mass is 434 g/mol. The fourth-order valence-corrected chi connectivity index (χ4v) is 6.63. The van der Waals surface area contributed by atoms with Crippen molar-refractivity contribution in [2.45, 2.75) is 116 Å². The molecule has 2 aromatic rings. The van der Waals surface area contributed by atoms with E-state index in [1.165, 1.54) is 89.0 Å². The van der Waals surface area contributed by atoms with Gasteiger partial charge in [-0.25, -0.2) is 4.39 Å². The van der Waals surface area contributed by atoms with Crippen molar-refractivity contribution >= 4 is 0 Å². The van der Waals surface area contributed by atoms with Gasteiger partial charge in [0.25, 0.3) is 0 Å². The van der Waals surface area contributed by atoms with E-state index >= 15 is 4.39 Å². The number of halogens is 1. The summed E-state index contributed by atoms with van der Waals surface area (Å²) in [4.78, 5) is 0. The molecule has 3 fully saturated rings. The van der Waals surface area contributed by atoms with E-state index in [1.807, 2.05) is 6.07 Å². The van der Waals surface area contributed by atoms with Gasteiger partial charge in [0.05, 0.1) is 0 Å². The van der Waals surface area contributed by atoms with Gasteiger partial charge >= 0.3 is 0 Å². The molecule has 1 heteroatoms. The second-order valence-electron chi connectivity index (χ2n) is 10.9. The van der Waals surface area contributed by atoms with Crippen molar-refractivity contribution in [2.24, 2.45) is 5.41 Å². The van der Waals surface area contributed by atoms with E-state index in [9.17, 15) is 0 Å². The van der Waals surface area contributed by atoms with Gasteiger partial charge in [0, 0.05) is 5.56 Å². The van der Waals surface area contributed by atoms with Crippen LogP contribution in [0.5, 0.6) is 0 Å². The maximum atomic E-state index is 15.9. The molecule has 0 amide bonds. The zero-order valence-corrected chi connectivity index (χ0v) is 20.5. The Labute approximate surface area is 196 Å². The largest absolute Gasteiger partial charge is 0.206 e. The van der Waals surface area contributed by atoms with Crippen molar-refractivity contribution in [2.75, 3.05) is 0 Å². The van der Waals surface area contributed by atoms with Gasteiger partial charge < -0.3 is 0 Å². The first kappa shape index (κ1) is 23.5.